The standard InChI is InChI=1S/C27H38N2O5/c1-33-20-34-19-27(15-6-7-16-27)24(30)26(32)29-22-13-9-14-23(29)25(31)28(18-22)17-8-5-12-21-10-3-2-4-11-21/h2-4,10-11,22-23H,5-9,12-20H2,1H3. The minimum atomic E-state index is -0.776. The van der Waals surface area contributed by atoms with Crippen LogP contribution in [0.25, 0.3) is 0 Å². The normalized spacial score (nSPS) is 23.9. The number of likely N-dealkylation sites (tertiary alicyclic amines) is 1. The summed E-state index contributed by atoms with van der Waals surface area (Å²) in [6, 6.07) is 9.82. The number of unbranched alkanes of at least 4 members (excludes halogenated alkanes) is 1. The van der Waals surface area contributed by atoms with Crippen molar-refractivity contribution in [2.24, 2.45) is 5.41 Å². The van der Waals surface area contributed by atoms with Gasteiger partial charge in [-0.2, -0.15) is 0 Å². The van der Waals surface area contributed by atoms with Crippen LogP contribution in [-0.4, -0.2) is 73.1 Å². The molecule has 34 heavy (non-hydrogen) atoms. The highest BCUT2D eigenvalue weighted by atomic mass is 16.7. The molecule has 7 nitrogen and oxygen atoms in total. The minimum Gasteiger partial charge on any atom is -0.359 e. The fourth-order valence-electron chi connectivity index (χ4n) is 5.99. The molecule has 2 saturated heterocycles. The van der Waals surface area contributed by atoms with Gasteiger partial charge in [0.1, 0.15) is 12.8 Å². The molecule has 0 radical (unpaired) electrons. The maximum atomic E-state index is 13.5. The molecule has 1 aromatic rings. The number of amides is 2. The molecule has 7 heteroatoms. The van der Waals surface area contributed by atoms with Crippen molar-refractivity contribution >= 4 is 17.6 Å². The second kappa shape index (κ2) is 11.5. The molecule has 2 bridgehead atoms. The number of carbonyl (C=O) groups excluding carboxylic acids is 3. The summed E-state index contributed by atoms with van der Waals surface area (Å²) >= 11 is 0. The molecular formula is C27H38N2O5. The van der Waals surface area contributed by atoms with Gasteiger partial charge in [0.15, 0.2) is 0 Å². The number of benzene rings is 1. The van der Waals surface area contributed by atoms with Gasteiger partial charge in [-0.15, -0.1) is 0 Å². The molecule has 3 aliphatic rings. The van der Waals surface area contributed by atoms with E-state index in [-0.39, 0.29) is 31.1 Å². The number of ketones is 1. The largest absolute Gasteiger partial charge is 0.359 e. The van der Waals surface area contributed by atoms with Crippen molar-refractivity contribution in [3.05, 3.63) is 35.9 Å². The summed E-state index contributed by atoms with van der Waals surface area (Å²) < 4.78 is 10.5. The predicted molar refractivity (Wildman–Crippen MR) is 128 cm³/mol. The zero-order valence-corrected chi connectivity index (χ0v) is 20.4. The average Bonchev–Trinajstić information content (AvgIpc) is 3.34. The van der Waals surface area contributed by atoms with Gasteiger partial charge in [-0.3, -0.25) is 14.4 Å². The molecule has 186 valence electrons. The van der Waals surface area contributed by atoms with E-state index in [0.717, 1.165) is 44.9 Å². The van der Waals surface area contributed by atoms with Crippen LogP contribution in [-0.2, 0) is 30.3 Å². The number of Topliss-reactive ketones (excluding diaryl/α,β-unsaturated/α-hetero) is 1. The molecule has 0 spiro atoms. The Balaban J connectivity index is 1.37. The lowest BCUT2D eigenvalue weighted by Gasteiger charge is -2.49. The number of piperidine rings is 1. The Morgan fingerprint density at radius 1 is 1.06 bits per heavy atom. The minimum absolute atomic E-state index is 0.00733. The zero-order chi connectivity index (χ0) is 24.0. The van der Waals surface area contributed by atoms with Crippen LogP contribution >= 0.6 is 0 Å². The zero-order valence-electron chi connectivity index (χ0n) is 20.4. The second-order valence-corrected chi connectivity index (χ2v) is 10.1. The van der Waals surface area contributed by atoms with E-state index in [1.807, 2.05) is 11.0 Å². The van der Waals surface area contributed by atoms with Crippen LogP contribution < -0.4 is 0 Å². The first-order valence-corrected chi connectivity index (χ1v) is 12.8. The highest BCUT2D eigenvalue weighted by molar-refractivity contribution is 6.38. The quantitative estimate of drug-likeness (QED) is 0.282. The molecule has 0 N–H and O–H groups in total. The fourth-order valence-corrected chi connectivity index (χ4v) is 5.99. The summed E-state index contributed by atoms with van der Waals surface area (Å²) in [6.07, 6.45) is 8.51. The first kappa shape index (κ1) is 24.9. The SMILES string of the molecule is COCOCC1(C(=O)C(=O)N2C3CCCC2C(=O)N(CCCCc2ccccc2)C3)CCCC1. The molecule has 1 aromatic carbocycles. The van der Waals surface area contributed by atoms with E-state index >= 15 is 0 Å². The molecule has 2 unspecified atom stereocenters. The van der Waals surface area contributed by atoms with Crippen LogP contribution in [0.5, 0.6) is 0 Å². The summed E-state index contributed by atoms with van der Waals surface area (Å²) in [7, 11) is 1.54. The fraction of sp³-hybridized carbons (Fsp3) is 0.667. The molecule has 2 aliphatic heterocycles. The summed E-state index contributed by atoms with van der Waals surface area (Å²) in [5.41, 5.74) is 0.539. The van der Waals surface area contributed by atoms with Crippen LogP contribution in [0.2, 0.25) is 0 Å². The Labute approximate surface area is 202 Å². The van der Waals surface area contributed by atoms with Gasteiger partial charge in [-0.05, 0) is 56.9 Å². The van der Waals surface area contributed by atoms with Gasteiger partial charge >= 0.3 is 0 Å². The number of nitrogens with zero attached hydrogens (tertiary/aromatic N) is 2. The maximum absolute atomic E-state index is 13.5. The van der Waals surface area contributed by atoms with Crippen LogP contribution in [0.1, 0.15) is 63.4 Å². The number of hydrogen-bond acceptors (Lipinski definition) is 5. The molecule has 0 aromatic heterocycles. The van der Waals surface area contributed by atoms with Crippen molar-refractivity contribution in [2.45, 2.75) is 76.3 Å². The monoisotopic (exact) mass is 470 g/mol. The number of hydrogen-bond donors (Lipinski definition) is 0. The van der Waals surface area contributed by atoms with Crippen LogP contribution in [0.15, 0.2) is 30.3 Å². The van der Waals surface area contributed by atoms with Crippen LogP contribution in [0, 0.1) is 5.41 Å². The van der Waals surface area contributed by atoms with Crippen molar-refractivity contribution in [3.63, 3.8) is 0 Å². The van der Waals surface area contributed by atoms with Gasteiger partial charge in [-0.25, -0.2) is 0 Å². The summed E-state index contributed by atoms with van der Waals surface area (Å²) in [5.74, 6) is -0.843. The third kappa shape index (κ3) is 5.36. The van der Waals surface area contributed by atoms with E-state index in [2.05, 4.69) is 24.3 Å². The van der Waals surface area contributed by atoms with Gasteiger partial charge in [0.05, 0.1) is 18.1 Å². The Bertz CT molecular complexity index is 852. The number of carbonyl (C=O) groups is 3. The molecule has 2 atom stereocenters. The second-order valence-electron chi connectivity index (χ2n) is 10.1. The third-order valence-electron chi connectivity index (χ3n) is 7.81. The number of ether oxygens (including phenoxy) is 2. The van der Waals surface area contributed by atoms with Crippen molar-refractivity contribution in [1.29, 1.82) is 0 Å². The lowest BCUT2D eigenvalue weighted by Crippen LogP contribution is -2.67. The first-order valence-electron chi connectivity index (χ1n) is 12.8. The molecule has 3 fully saturated rings. The predicted octanol–water partition coefficient (Wildman–Crippen LogP) is 3.35. The van der Waals surface area contributed by atoms with E-state index in [1.165, 1.54) is 5.56 Å². The third-order valence-corrected chi connectivity index (χ3v) is 7.81. The van der Waals surface area contributed by atoms with E-state index in [4.69, 9.17) is 9.47 Å². The number of fused-ring (bicyclic) bond motifs is 2. The van der Waals surface area contributed by atoms with E-state index in [0.29, 0.717) is 32.4 Å². The molecule has 2 heterocycles. The van der Waals surface area contributed by atoms with Crippen molar-refractivity contribution in [3.8, 4) is 0 Å². The van der Waals surface area contributed by atoms with E-state index in [1.54, 1.807) is 12.0 Å². The van der Waals surface area contributed by atoms with Gasteiger partial charge in [0.2, 0.25) is 11.7 Å². The summed E-state index contributed by atoms with van der Waals surface area (Å²) in [5, 5.41) is 0. The topological polar surface area (TPSA) is 76.1 Å². The number of methoxy groups -OCH3 is 1. The molecule has 1 saturated carbocycles. The van der Waals surface area contributed by atoms with Gasteiger partial charge in [-0.1, -0.05) is 43.2 Å². The Hall–Kier alpha value is -2.25. The molecule has 2 amide bonds. The van der Waals surface area contributed by atoms with Gasteiger partial charge < -0.3 is 19.3 Å². The Morgan fingerprint density at radius 2 is 1.82 bits per heavy atom. The highest BCUT2D eigenvalue weighted by Gasteiger charge is 2.51. The highest BCUT2D eigenvalue weighted by Crippen LogP contribution is 2.41. The maximum Gasteiger partial charge on any atom is 0.291 e. The molecular weight excluding hydrogens is 432 g/mol. The van der Waals surface area contributed by atoms with Crippen LogP contribution in [0.4, 0.5) is 0 Å². The smallest absolute Gasteiger partial charge is 0.291 e. The lowest BCUT2D eigenvalue weighted by molar-refractivity contribution is -0.167. The van der Waals surface area contributed by atoms with Crippen molar-refractivity contribution < 1.29 is 23.9 Å². The van der Waals surface area contributed by atoms with Gasteiger partial charge in [0, 0.05) is 20.2 Å². The average molecular weight is 471 g/mol. The Morgan fingerprint density at radius 3 is 2.56 bits per heavy atom. The summed E-state index contributed by atoms with van der Waals surface area (Å²) in [6.45, 7) is 1.56. The number of rotatable bonds is 11. The Kier molecular flexibility index (Phi) is 8.37. The molecule has 4 rings (SSSR count). The van der Waals surface area contributed by atoms with Crippen molar-refractivity contribution in [2.75, 3.05) is 33.6 Å². The van der Waals surface area contributed by atoms with E-state index in [9.17, 15) is 14.4 Å². The summed E-state index contributed by atoms with van der Waals surface area (Å²) in [4.78, 5) is 43.9. The first-order chi connectivity index (χ1) is 16.6. The van der Waals surface area contributed by atoms with Crippen LogP contribution in [0.3, 0.4) is 0 Å². The number of piperazine rings is 1. The number of aryl methyl sites for hydroxylation is 1. The van der Waals surface area contributed by atoms with Crippen molar-refractivity contribution in [1.82, 2.24) is 9.80 Å². The van der Waals surface area contributed by atoms with E-state index < -0.39 is 17.4 Å². The lowest BCUT2D eigenvalue weighted by atomic mass is 9.80. The molecule has 1 aliphatic carbocycles. The van der Waals surface area contributed by atoms with Gasteiger partial charge in [0.25, 0.3) is 5.91 Å².